The topological polar surface area (TPSA) is 99.1 Å². The molecule has 0 aromatic rings. The largest absolute Gasteiger partial charge is 0.477 e. The fraction of sp³-hybridized carbons (Fsp3) is 0.661. The van der Waals surface area contributed by atoms with E-state index in [0.29, 0.717) is 19.3 Å². The summed E-state index contributed by atoms with van der Waals surface area (Å²) in [7, 11) is 5.51. The summed E-state index contributed by atoms with van der Waals surface area (Å²) < 4.78 is 17.3. The molecule has 0 bridgehead atoms. The first-order chi connectivity index (χ1) is 31.1. The van der Waals surface area contributed by atoms with Crippen molar-refractivity contribution in [3.05, 3.63) is 97.2 Å². The first kappa shape index (κ1) is 60.2. The van der Waals surface area contributed by atoms with Gasteiger partial charge in [-0.3, -0.25) is 9.59 Å². The number of esters is 2. The van der Waals surface area contributed by atoms with Crippen molar-refractivity contribution in [1.29, 1.82) is 0 Å². The number of carbonyl (C=O) groups is 3. The molecular formula is C56H94NO7+. The van der Waals surface area contributed by atoms with E-state index in [0.717, 1.165) is 77.0 Å². The van der Waals surface area contributed by atoms with Gasteiger partial charge in [0.2, 0.25) is 0 Å². The molecule has 0 aromatic heterocycles. The lowest BCUT2D eigenvalue weighted by Gasteiger charge is -2.31. The van der Waals surface area contributed by atoms with Gasteiger partial charge < -0.3 is 23.8 Å². The predicted molar refractivity (Wildman–Crippen MR) is 270 cm³/mol. The van der Waals surface area contributed by atoms with E-state index in [9.17, 15) is 19.5 Å². The Morgan fingerprint density at radius 2 is 0.844 bits per heavy atom. The second-order valence-corrected chi connectivity index (χ2v) is 17.7. The summed E-state index contributed by atoms with van der Waals surface area (Å²) in [6.45, 7) is 4.45. The zero-order chi connectivity index (χ0) is 47.0. The first-order valence-corrected chi connectivity index (χ1v) is 25.3. The van der Waals surface area contributed by atoms with Gasteiger partial charge in [0.05, 0.1) is 34.4 Å². The van der Waals surface area contributed by atoms with Crippen molar-refractivity contribution in [2.75, 3.05) is 41.0 Å². The van der Waals surface area contributed by atoms with Crippen molar-refractivity contribution in [1.82, 2.24) is 0 Å². The summed E-state index contributed by atoms with van der Waals surface area (Å²) in [6, 6.07) is -0.630. The zero-order valence-electron chi connectivity index (χ0n) is 41.4. The molecule has 8 heteroatoms. The summed E-state index contributed by atoms with van der Waals surface area (Å²) in [5.74, 6) is -1.55. The number of carbonyl (C=O) groups excluding carboxylic acids is 2. The fourth-order valence-corrected chi connectivity index (χ4v) is 6.91. The third-order valence-corrected chi connectivity index (χ3v) is 10.7. The number of likely N-dealkylation sites (N-methyl/N-ethyl adjacent to an activating group) is 1. The number of ether oxygens (including phenoxy) is 3. The van der Waals surface area contributed by atoms with E-state index in [4.69, 9.17) is 14.2 Å². The van der Waals surface area contributed by atoms with Crippen LogP contribution in [0.4, 0.5) is 0 Å². The monoisotopic (exact) mass is 893 g/mol. The summed E-state index contributed by atoms with van der Waals surface area (Å²) in [6.07, 6.45) is 61.8. The van der Waals surface area contributed by atoms with Crippen LogP contribution in [-0.2, 0) is 28.6 Å². The lowest BCUT2D eigenvalue weighted by Crippen LogP contribution is -2.50. The van der Waals surface area contributed by atoms with Gasteiger partial charge in [0.1, 0.15) is 6.61 Å². The highest BCUT2D eigenvalue weighted by molar-refractivity contribution is 5.72. The molecule has 0 aliphatic carbocycles. The molecule has 2 unspecified atom stereocenters. The minimum absolute atomic E-state index is 0.0332. The number of allylic oxidation sites excluding steroid dienone is 16. The highest BCUT2D eigenvalue weighted by atomic mass is 16.6. The molecule has 0 heterocycles. The Labute approximate surface area is 392 Å². The molecular weight excluding hydrogens is 799 g/mol. The standard InChI is InChI=1S/C56H93NO7/c1-6-8-10-12-14-16-18-20-22-24-25-26-27-28-29-31-32-34-36-38-40-42-44-46-54(58)63-51-52(50-62-49-48-53(56(60)61)57(3,4)5)64-55(59)47-45-43-41-39-37-35-33-30-23-21-19-17-15-13-11-9-7-2/h8-11,14-17,20-23,33,35,39,41,52-53H,6-7,12-13,18-19,24-32,34,36-38,40,42-51H2,1-5H3/p+1/b10-8+,11-9+,16-14+,17-15+,22-20+,23-21+,35-33+,41-39+. The van der Waals surface area contributed by atoms with Crippen molar-refractivity contribution in [2.24, 2.45) is 0 Å². The molecule has 0 saturated heterocycles. The molecule has 64 heavy (non-hydrogen) atoms. The van der Waals surface area contributed by atoms with Crippen LogP contribution < -0.4 is 0 Å². The van der Waals surface area contributed by atoms with E-state index in [2.05, 4.69) is 111 Å². The van der Waals surface area contributed by atoms with Crippen LogP contribution in [0, 0.1) is 0 Å². The molecule has 0 radical (unpaired) electrons. The van der Waals surface area contributed by atoms with Gasteiger partial charge >= 0.3 is 17.9 Å². The quantitative estimate of drug-likeness (QED) is 0.0281. The fourth-order valence-electron chi connectivity index (χ4n) is 6.91. The summed E-state index contributed by atoms with van der Waals surface area (Å²) in [5, 5.41) is 9.65. The van der Waals surface area contributed by atoms with Crippen LogP contribution in [0.5, 0.6) is 0 Å². The van der Waals surface area contributed by atoms with Crippen LogP contribution >= 0.6 is 0 Å². The SMILES string of the molecule is CC/C=C/C/C=C/C/C=C/C/C=C/C/C=C/CCCC(=O)OC(COCCC(C(=O)O)[N+](C)(C)C)COC(=O)CCCCCCCCCCCCCCC/C=C/C/C=C/C/C=C/CC. The van der Waals surface area contributed by atoms with Crippen molar-refractivity contribution >= 4 is 17.9 Å². The van der Waals surface area contributed by atoms with Gasteiger partial charge in [-0.15, -0.1) is 0 Å². The molecule has 0 spiro atoms. The number of nitrogens with zero attached hydrogens (tertiary/aromatic N) is 1. The minimum Gasteiger partial charge on any atom is -0.477 e. The molecule has 0 fully saturated rings. The van der Waals surface area contributed by atoms with Crippen LogP contribution in [0.3, 0.4) is 0 Å². The Morgan fingerprint density at radius 1 is 0.469 bits per heavy atom. The van der Waals surface area contributed by atoms with Crippen LogP contribution in [0.15, 0.2) is 97.2 Å². The molecule has 0 aromatic carbocycles. The molecule has 364 valence electrons. The lowest BCUT2D eigenvalue weighted by atomic mass is 10.0. The van der Waals surface area contributed by atoms with Gasteiger partial charge in [-0.25, -0.2) is 4.79 Å². The minimum atomic E-state index is -0.887. The average Bonchev–Trinajstić information content (AvgIpc) is 3.26. The molecule has 0 aliphatic heterocycles. The third kappa shape index (κ3) is 43.5. The highest BCUT2D eigenvalue weighted by Crippen LogP contribution is 2.15. The summed E-state index contributed by atoms with van der Waals surface area (Å²) >= 11 is 0. The van der Waals surface area contributed by atoms with E-state index in [1.165, 1.54) is 70.6 Å². The first-order valence-electron chi connectivity index (χ1n) is 25.3. The van der Waals surface area contributed by atoms with Gasteiger partial charge in [0, 0.05) is 19.3 Å². The van der Waals surface area contributed by atoms with E-state index in [1.54, 1.807) is 0 Å². The maximum absolute atomic E-state index is 12.8. The number of carboxylic acids is 1. The van der Waals surface area contributed by atoms with Gasteiger partial charge in [0.25, 0.3) is 0 Å². The van der Waals surface area contributed by atoms with Gasteiger partial charge in [-0.1, -0.05) is 182 Å². The van der Waals surface area contributed by atoms with E-state index < -0.39 is 18.1 Å². The molecule has 8 nitrogen and oxygen atoms in total. The highest BCUT2D eigenvalue weighted by Gasteiger charge is 2.31. The Kier molecular flexibility index (Phi) is 43.1. The average molecular weight is 893 g/mol. The van der Waals surface area contributed by atoms with E-state index in [1.807, 2.05) is 21.1 Å². The predicted octanol–water partition coefficient (Wildman–Crippen LogP) is 14.6. The van der Waals surface area contributed by atoms with Crippen LogP contribution in [0.25, 0.3) is 0 Å². The number of hydrogen-bond donors (Lipinski definition) is 1. The van der Waals surface area contributed by atoms with Crippen LogP contribution in [0.1, 0.15) is 187 Å². The van der Waals surface area contributed by atoms with Crippen molar-refractivity contribution in [2.45, 2.75) is 199 Å². The van der Waals surface area contributed by atoms with Gasteiger partial charge in [0.15, 0.2) is 12.1 Å². The van der Waals surface area contributed by atoms with Crippen molar-refractivity contribution in [3.8, 4) is 0 Å². The number of carboxylic acid groups (broad SMARTS) is 1. The second kappa shape index (κ2) is 45.8. The Bertz CT molecular complexity index is 1360. The normalized spacial score (nSPS) is 13.7. The Hall–Kier alpha value is -3.75. The lowest BCUT2D eigenvalue weighted by molar-refractivity contribution is -0.887. The van der Waals surface area contributed by atoms with Crippen molar-refractivity contribution in [3.63, 3.8) is 0 Å². The molecule has 2 atom stereocenters. The third-order valence-electron chi connectivity index (χ3n) is 10.7. The number of rotatable bonds is 44. The molecule has 0 aliphatic rings. The molecule has 0 rings (SSSR count). The number of aliphatic carboxylic acids is 1. The molecule has 1 N–H and O–H groups in total. The Morgan fingerprint density at radius 3 is 1.27 bits per heavy atom. The number of hydrogen-bond acceptors (Lipinski definition) is 6. The zero-order valence-corrected chi connectivity index (χ0v) is 41.4. The summed E-state index contributed by atoms with van der Waals surface area (Å²) in [4.78, 5) is 37.1. The van der Waals surface area contributed by atoms with Gasteiger partial charge in [-0.05, 0) is 83.5 Å². The van der Waals surface area contributed by atoms with Crippen LogP contribution in [-0.4, -0.2) is 80.6 Å². The number of quaternary nitrogens is 1. The van der Waals surface area contributed by atoms with Gasteiger partial charge in [-0.2, -0.15) is 0 Å². The maximum atomic E-state index is 12.8. The smallest absolute Gasteiger partial charge is 0.362 e. The van der Waals surface area contributed by atoms with Crippen molar-refractivity contribution < 1.29 is 38.2 Å². The maximum Gasteiger partial charge on any atom is 0.362 e. The van der Waals surface area contributed by atoms with Crippen LogP contribution in [0.2, 0.25) is 0 Å². The van der Waals surface area contributed by atoms with E-state index in [-0.39, 0.29) is 42.7 Å². The molecule has 0 saturated carbocycles. The Balaban J connectivity index is 4.30. The molecule has 0 amide bonds. The second-order valence-electron chi connectivity index (χ2n) is 17.7. The number of unbranched alkanes of at least 4 members (excludes halogenated alkanes) is 14. The van der Waals surface area contributed by atoms with E-state index >= 15 is 0 Å². The summed E-state index contributed by atoms with van der Waals surface area (Å²) in [5.41, 5.74) is 0.